The molecule has 4 heterocycles. The Morgan fingerprint density at radius 3 is 2.82 bits per heavy atom. The van der Waals surface area contributed by atoms with Crippen LogP contribution < -0.4 is 5.32 Å². The SMILES string of the molecule is Cc1ccc2c(NC(=O)c3cccnn3)nn(Cc3ccc(CF)nc3)c2n1. The zero-order valence-corrected chi connectivity index (χ0v) is 15.0. The van der Waals surface area contributed by atoms with Gasteiger partial charge in [0.2, 0.25) is 0 Å². The van der Waals surface area contributed by atoms with E-state index in [-0.39, 0.29) is 5.69 Å². The average molecular weight is 377 g/mol. The highest BCUT2D eigenvalue weighted by molar-refractivity contribution is 6.06. The predicted molar refractivity (Wildman–Crippen MR) is 100 cm³/mol. The molecule has 9 heteroatoms. The van der Waals surface area contributed by atoms with E-state index in [2.05, 4.69) is 30.6 Å². The first kappa shape index (κ1) is 17.7. The van der Waals surface area contributed by atoms with E-state index in [1.807, 2.05) is 19.1 Å². The fourth-order valence-electron chi connectivity index (χ4n) is 2.74. The standard InChI is InChI=1S/C19H16FN7O/c1-12-4-7-15-17(24-19(28)16-3-2-8-22-25-16)26-27(18(15)23-12)11-13-5-6-14(9-20)21-10-13/h2-8,10H,9,11H2,1H3,(H,24,26,28). The van der Waals surface area contributed by atoms with Gasteiger partial charge in [0, 0.05) is 18.1 Å². The highest BCUT2D eigenvalue weighted by Gasteiger charge is 2.16. The Morgan fingerprint density at radius 1 is 1.21 bits per heavy atom. The molecule has 0 fully saturated rings. The zero-order valence-electron chi connectivity index (χ0n) is 15.0. The number of pyridine rings is 2. The molecule has 0 spiro atoms. The lowest BCUT2D eigenvalue weighted by molar-refractivity contribution is 0.102. The number of hydrogen-bond donors (Lipinski definition) is 1. The zero-order chi connectivity index (χ0) is 19.5. The Balaban J connectivity index is 1.68. The van der Waals surface area contributed by atoms with Gasteiger partial charge < -0.3 is 5.32 Å². The minimum atomic E-state index is -0.607. The maximum Gasteiger partial charge on any atom is 0.277 e. The van der Waals surface area contributed by atoms with Crippen LogP contribution in [0.3, 0.4) is 0 Å². The van der Waals surface area contributed by atoms with Crippen LogP contribution in [0.25, 0.3) is 11.0 Å². The Kier molecular flexibility index (Phi) is 4.71. The number of aromatic nitrogens is 6. The summed E-state index contributed by atoms with van der Waals surface area (Å²) < 4.78 is 14.3. The van der Waals surface area contributed by atoms with Crippen molar-refractivity contribution < 1.29 is 9.18 Å². The van der Waals surface area contributed by atoms with Crippen molar-refractivity contribution in [3.8, 4) is 0 Å². The van der Waals surface area contributed by atoms with Gasteiger partial charge in [-0.25, -0.2) is 14.1 Å². The summed E-state index contributed by atoms with van der Waals surface area (Å²) in [6, 6.07) is 10.3. The van der Waals surface area contributed by atoms with E-state index in [9.17, 15) is 9.18 Å². The van der Waals surface area contributed by atoms with Gasteiger partial charge in [-0.1, -0.05) is 6.07 Å². The number of nitrogens with one attached hydrogen (secondary N) is 1. The summed E-state index contributed by atoms with van der Waals surface area (Å²) in [7, 11) is 0. The van der Waals surface area contributed by atoms with E-state index in [0.717, 1.165) is 11.3 Å². The Labute approximate surface area is 159 Å². The second-order valence-corrected chi connectivity index (χ2v) is 6.18. The molecule has 0 aliphatic carbocycles. The second-order valence-electron chi connectivity index (χ2n) is 6.18. The number of carbonyl (C=O) groups is 1. The smallest absolute Gasteiger partial charge is 0.277 e. The maximum atomic E-state index is 12.7. The molecular formula is C19H16FN7O. The third-order valence-electron chi connectivity index (χ3n) is 4.13. The third-order valence-corrected chi connectivity index (χ3v) is 4.13. The molecule has 28 heavy (non-hydrogen) atoms. The van der Waals surface area contributed by atoms with Crippen molar-refractivity contribution in [2.75, 3.05) is 5.32 Å². The lowest BCUT2D eigenvalue weighted by Crippen LogP contribution is -2.15. The quantitative estimate of drug-likeness (QED) is 0.574. The Morgan fingerprint density at radius 2 is 2.11 bits per heavy atom. The van der Waals surface area contributed by atoms with Crippen molar-refractivity contribution in [1.82, 2.24) is 29.9 Å². The lowest BCUT2D eigenvalue weighted by atomic mass is 10.2. The molecule has 4 aromatic rings. The number of alkyl halides is 1. The van der Waals surface area contributed by atoms with Gasteiger partial charge in [-0.15, -0.1) is 5.10 Å². The van der Waals surface area contributed by atoms with E-state index in [4.69, 9.17) is 0 Å². The normalized spacial score (nSPS) is 10.9. The fourth-order valence-corrected chi connectivity index (χ4v) is 2.74. The highest BCUT2D eigenvalue weighted by atomic mass is 19.1. The van der Waals surface area contributed by atoms with Crippen LogP contribution in [0.15, 0.2) is 48.8 Å². The van der Waals surface area contributed by atoms with Crippen LogP contribution in [0, 0.1) is 6.92 Å². The average Bonchev–Trinajstić information content (AvgIpc) is 3.05. The van der Waals surface area contributed by atoms with Crippen LogP contribution in [0.2, 0.25) is 0 Å². The lowest BCUT2D eigenvalue weighted by Gasteiger charge is -2.04. The van der Waals surface area contributed by atoms with Gasteiger partial charge in [0.05, 0.1) is 17.6 Å². The van der Waals surface area contributed by atoms with Gasteiger partial charge >= 0.3 is 0 Å². The number of amides is 1. The van der Waals surface area contributed by atoms with Crippen molar-refractivity contribution in [1.29, 1.82) is 0 Å². The van der Waals surface area contributed by atoms with Crippen molar-refractivity contribution >= 4 is 22.8 Å². The van der Waals surface area contributed by atoms with Crippen LogP contribution >= 0.6 is 0 Å². The first-order chi connectivity index (χ1) is 13.6. The maximum absolute atomic E-state index is 12.7. The first-order valence-electron chi connectivity index (χ1n) is 8.57. The Bertz CT molecular complexity index is 1130. The molecular weight excluding hydrogens is 361 g/mol. The molecule has 0 bridgehead atoms. The van der Waals surface area contributed by atoms with Crippen molar-refractivity contribution in [3.63, 3.8) is 0 Å². The molecule has 4 rings (SSSR count). The first-order valence-corrected chi connectivity index (χ1v) is 8.57. The molecule has 0 aliphatic heterocycles. The number of halogens is 1. The molecule has 140 valence electrons. The summed E-state index contributed by atoms with van der Waals surface area (Å²) in [5.41, 5.74) is 2.86. The summed E-state index contributed by atoms with van der Waals surface area (Å²) in [4.78, 5) is 21.0. The molecule has 0 atom stereocenters. The van der Waals surface area contributed by atoms with Crippen LogP contribution in [0.4, 0.5) is 10.2 Å². The highest BCUT2D eigenvalue weighted by Crippen LogP contribution is 2.23. The van der Waals surface area contributed by atoms with Gasteiger partial charge in [0.1, 0.15) is 6.67 Å². The number of rotatable bonds is 5. The minimum Gasteiger partial charge on any atom is -0.303 e. The van der Waals surface area contributed by atoms with E-state index in [0.29, 0.717) is 29.1 Å². The summed E-state index contributed by atoms with van der Waals surface area (Å²) in [5, 5.41) is 15.5. The van der Waals surface area contributed by atoms with Crippen molar-refractivity contribution in [2.24, 2.45) is 0 Å². The summed E-state index contributed by atoms with van der Waals surface area (Å²) in [5.74, 6) is -0.0271. The number of anilines is 1. The monoisotopic (exact) mass is 377 g/mol. The Hall–Kier alpha value is -3.75. The molecule has 0 saturated heterocycles. The van der Waals surface area contributed by atoms with Gasteiger partial charge in [0.15, 0.2) is 17.2 Å². The topological polar surface area (TPSA) is 98.5 Å². The van der Waals surface area contributed by atoms with E-state index in [1.165, 1.54) is 6.20 Å². The van der Waals surface area contributed by atoms with Crippen molar-refractivity contribution in [2.45, 2.75) is 20.1 Å². The van der Waals surface area contributed by atoms with E-state index in [1.54, 1.807) is 35.1 Å². The number of fused-ring (bicyclic) bond motifs is 1. The summed E-state index contributed by atoms with van der Waals surface area (Å²) in [6.45, 7) is 1.66. The van der Waals surface area contributed by atoms with Gasteiger partial charge in [-0.05, 0) is 42.8 Å². The molecule has 8 nitrogen and oxygen atoms in total. The van der Waals surface area contributed by atoms with E-state index < -0.39 is 12.6 Å². The number of aryl methyl sites for hydroxylation is 1. The summed E-state index contributed by atoms with van der Waals surface area (Å²) in [6.07, 6.45) is 3.10. The molecule has 1 amide bonds. The fraction of sp³-hybridized carbons (Fsp3) is 0.158. The summed E-state index contributed by atoms with van der Waals surface area (Å²) >= 11 is 0. The molecule has 4 aromatic heterocycles. The van der Waals surface area contributed by atoms with Gasteiger partial charge in [-0.3, -0.25) is 9.78 Å². The molecule has 0 unspecified atom stereocenters. The van der Waals surface area contributed by atoms with Gasteiger partial charge in [-0.2, -0.15) is 10.2 Å². The minimum absolute atomic E-state index is 0.191. The van der Waals surface area contributed by atoms with Crippen LogP contribution in [-0.2, 0) is 13.2 Å². The molecule has 0 aromatic carbocycles. The largest absolute Gasteiger partial charge is 0.303 e. The predicted octanol–water partition coefficient (Wildman–Crippen LogP) is 2.69. The molecule has 1 N–H and O–H groups in total. The van der Waals surface area contributed by atoms with Gasteiger partial charge in [0.25, 0.3) is 5.91 Å². The van der Waals surface area contributed by atoms with E-state index >= 15 is 0 Å². The molecule has 0 aliphatic rings. The van der Waals surface area contributed by atoms with Crippen LogP contribution in [0.5, 0.6) is 0 Å². The van der Waals surface area contributed by atoms with Crippen molar-refractivity contribution in [3.05, 3.63) is 71.4 Å². The number of carbonyl (C=O) groups excluding carboxylic acids is 1. The number of nitrogens with zero attached hydrogens (tertiary/aromatic N) is 6. The third kappa shape index (κ3) is 3.54. The number of hydrogen-bond acceptors (Lipinski definition) is 6. The second kappa shape index (κ2) is 7.47. The van der Waals surface area contributed by atoms with Crippen LogP contribution in [0.1, 0.15) is 27.4 Å². The van der Waals surface area contributed by atoms with Crippen LogP contribution in [-0.4, -0.2) is 35.9 Å². The molecule has 0 radical (unpaired) electrons. The molecule has 0 saturated carbocycles.